The molecule has 1 aromatic rings. The molecule has 1 aromatic carbocycles. The van der Waals surface area contributed by atoms with Gasteiger partial charge in [-0.3, -0.25) is 0 Å². The highest BCUT2D eigenvalue weighted by atomic mass is 79.9. The van der Waals surface area contributed by atoms with Crippen LogP contribution in [-0.4, -0.2) is 20.3 Å². The highest BCUT2D eigenvalue weighted by molar-refractivity contribution is 9.10. The highest BCUT2D eigenvalue weighted by Crippen LogP contribution is 2.26. The second-order valence-electron chi connectivity index (χ2n) is 4.24. The number of halogens is 1. The molecule has 0 aliphatic heterocycles. The van der Waals surface area contributed by atoms with Gasteiger partial charge in [-0.2, -0.15) is 0 Å². The minimum absolute atomic E-state index is 0.411. The van der Waals surface area contributed by atoms with E-state index in [-0.39, 0.29) is 0 Å². The van der Waals surface area contributed by atoms with E-state index < -0.39 is 0 Å². The molecule has 0 aromatic heterocycles. The van der Waals surface area contributed by atoms with E-state index in [0.717, 1.165) is 16.8 Å². The van der Waals surface area contributed by atoms with Crippen LogP contribution < -0.4 is 4.74 Å². The van der Waals surface area contributed by atoms with Crippen molar-refractivity contribution in [3.63, 3.8) is 0 Å². The summed E-state index contributed by atoms with van der Waals surface area (Å²) in [5.74, 6) is 1.34. The van der Waals surface area contributed by atoms with Gasteiger partial charge < -0.3 is 9.47 Å². The first kappa shape index (κ1) is 13.5. The second kappa shape index (κ2) is 6.26. The first-order chi connectivity index (χ1) is 7.54. The van der Waals surface area contributed by atoms with Gasteiger partial charge >= 0.3 is 0 Å². The van der Waals surface area contributed by atoms with E-state index in [9.17, 15) is 0 Å². The zero-order chi connectivity index (χ0) is 12.1. The molecule has 16 heavy (non-hydrogen) atoms. The smallest absolute Gasteiger partial charge is 0.119 e. The average molecular weight is 287 g/mol. The molecule has 0 bridgehead atoms. The normalized spacial score (nSPS) is 12.6. The summed E-state index contributed by atoms with van der Waals surface area (Å²) in [5.41, 5.74) is 2.41. The summed E-state index contributed by atoms with van der Waals surface area (Å²) in [4.78, 5) is 0. The molecule has 3 heteroatoms. The number of hydrogen-bond donors (Lipinski definition) is 0. The van der Waals surface area contributed by atoms with Crippen molar-refractivity contribution >= 4 is 15.9 Å². The third kappa shape index (κ3) is 3.80. The summed E-state index contributed by atoms with van der Waals surface area (Å²) in [6, 6.07) is 4.10. The van der Waals surface area contributed by atoms with Crippen molar-refractivity contribution in [1.82, 2.24) is 0 Å². The lowest BCUT2D eigenvalue weighted by Gasteiger charge is -2.14. The zero-order valence-corrected chi connectivity index (χ0v) is 11.9. The van der Waals surface area contributed by atoms with E-state index >= 15 is 0 Å². The van der Waals surface area contributed by atoms with Crippen molar-refractivity contribution in [2.24, 2.45) is 5.92 Å². The van der Waals surface area contributed by atoms with Crippen LogP contribution in [0.1, 0.15) is 18.1 Å². The topological polar surface area (TPSA) is 18.5 Å². The number of rotatable bonds is 5. The van der Waals surface area contributed by atoms with E-state index in [1.807, 2.05) is 0 Å². The molecule has 0 unspecified atom stereocenters. The summed E-state index contributed by atoms with van der Waals surface area (Å²) in [6.45, 7) is 7.68. The number of ether oxygens (including phenoxy) is 2. The van der Waals surface area contributed by atoms with E-state index in [1.165, 1.54) is 11.1 Å². The van der Waals surface area contributed by atoms with Gasteiger partial charge in [-0.25, -0.2) is 0 Å². The predicted molar refractivity (Wildman–Crippen MR) is 70.2 cm³/mol. The van der Waals surface area contributed by atoms with Crippen LogP contribution in [0.15, 0.2) is 16.6 Å². The number of hydrogen-bond acceptors (Lipinski definition) is 2. The van der Waals surface area contributed by atoms with Crippen LogP contribution in [0, 0.1) is 19.8 Å². The quantitative estimate of drug-likeness (QED) is 0.821. The van der Waals surface area contributed by atoms with E-state index in [1.54, 1.807) is 7.11 Å². The van der Waals surface area contributed by atoms with Crippen molar-refractivity contribution in [3.05, 3.63) is 27.7 Å². The Kier molecular flexibility index (Phi) is 5.29. The molecule has 0 aliphatic carbocycles. The first-order valence-electron chi connectivity index (χ1n) is 5.43. The Morgan fingerprint density at radius 2 is 1.75 bits per heavy atom. The molecule has 0 spiro atoms. The van der Waals surface area contributed by atoms with Gasteiger partial charge in [0.05, 0.1) is 13.2 Å². The molecule has 0 aliphatic rings. The molecule has 0 radical (unpaired) electrons. The Bertz CT molecular complexity index is 327. The van der Waals surface area contributed by atoms with Gasteiger partial charge in [0, 0.05) is 17.5 Å². The van der Waals surface area contributed by atoms with Gasteiger partial charge in [-0.05, 0) is 37.1 Å². The van der Waals surface area contributed by atoms with Crippen LogP contribution in [0.2, 0.25) is 0 Å². The lowest BCUT2D eigenvalue weighted by atomic mass is 10.1. The Morgan fingerprint density at radius 3 is 2.25 bits per heavy atom. The summed E-state index contributed by atoms with van der Waals surface area (Å²) in [6.07, 6.45) is 0. The third-order valence-electron chi connectivity index (χ3n) is 2.40. The molecular formula is C13H19BrO2. The van der Waals surface area contributed by atoms with Crippen LogP contribution in [0.3, 0.4) is 0 Å². The standard InChI is InChI=1S/C13H19BrO2/c1-9(7-15-4)8-16-12-5-10(2)13(14)11(3)6-12/h5-6,9H,7-8H2,1-4H3/t9-/m1/s1. The van der Waals surface area contributed by atoms with Gasteiger partial charge in [0.15, 0.2) is 0 Å². The fourth-order valence-corrected chi connectivity index (χ4v) is 1.79. The molecule has 0 saturated heterocycles. The monoisotopic (exact) mass is 286 g/mol. The summed E-state index contributed by atoms with van der Waals surface area (Å²) in [5, 5.41) is 0. The van der Waals surface area contributed by atoms with Crippen molar-refractivity contribution in [1.29, 1.82) is 0 Å². The van der Waals surface area contributed by atoms with Gasteiger partial charge in [-0.15, -0.1) is 0 Å². The first-order valence-corrected chi connectivity index (χ1v) is 6.22. The van der Waals surface area contributed by atoms with E-state index in [0.29, 0.717) is 12.5 Å². The maximum absolute atomic E-state index is 5.74. The van der Waals surface area contributed by atoms with Crippen LogP contribution >= 0.6 is 15.9 Å². The fraction of sp³-hybridized carbons (Fsp3) is 0.538. The van der Waals surface area contributed by atoms with Gasteiger partial charge in [0.25, 0.3) is 0 Å². The molecule has 2 nitrogen and oxygen atoms in total. The van der Waals surface area contributed by atoms with E-state index in [4.69, 9.17) is 9.47 Å². The lowest BCUT2D eigenvalue weighted by molar-refractivity contribution is 0.127. The Labute approximate surface area is 106 Å². The predicted octanol–water partition coefficient (Wildman–Crippen LogP) is 3.73. The Hall–Kier alpha value is -0.540. The average Bonchev–Trinajstić information content (AvgIpc) is 2.23. The maximum atomic E-state index is 5.74. The van der Waals surface area contributed by atoms with Crippen molar-refractivity contribution in [2.75, 3.05) is 20.3 Å². The number of aryl methyl sites for hydroxylation is 2. The lowest BCUT2D eigenvalue weighted by Crippen LogP contribution is -2.13. The molecule has 1 rings (SSSR count). The molecule has 0 heterocycles. The number of methoxy groups -OCH3 is 1. The Balaban J connectivity index is 2.61. The summed E-state index contributed by atoms with van der Waals surface area (Å²) < 4.78 is 12.0. The summed E-state index contributed by atoms with van der Waals surface area (Å²) in [7, 11) is 1.71. The van der Waals surface area contributed by atoms with E-state index in [2.05, 4.69) is 48.8 Å². The van der Waals surface area contributed by atoms with Crippen LogP contribution in [0.4, 0.5) is 0 Å². The molecular weight excluding hydrogens is 268 g/mol. The van der Waals surface area contributed by atoms with Crippen LogP contribution in [0.25, 0.3) is 0 Å². The Morgan fingerprint density at radius 1 is 1.19 bits per heavy atom. The molecule has 1 atom stereocenters. The van der Waals surface area contributed by atoms with Crippen molar-refractivity contribution < 1.29 is 9.47 Å². The highest BCUT2D eigenvalue weighted by Gasteiger charge is 2.06. The minimum atomic E-state index is 0.411. The van der Waals surface area contributed by atoms with Gasteiger partial charge in [-0.1, -0.05) is 22.9 Å². The SMILES string of the molecule is COC[C@@H](C)COc1cc(C)c(Br)c(C)c1. The maximum Gasteiger partial charge on any atom is 0.119 e. The zero-order valence-electron chi connectivity index (χ0n) is 10.3. The van der Waals surface area contributed by atoms with Crippen molar-refractivity contribution in [3.8, 4) is 5.75 Å². The van der Waals surface area contributed by atoms with Crippen LogP contribution in [-0.2, 0) is 4.74 Å². The largest absolute Gasteiger partial charge is 0.493 e. The molecule has 0 fully saturated rings. The van der Waals surface area contributed by atoms with Gasteiger partial charge in [0.2, 0.25) is 0 Å². The van der Waals surface area contributed by atoms with Gasteiger partial charge in [0.1, 0.15) is 5.75 Å². The fourth-order valence-electron chi connectivity index (χ4n) is 1.56. The van der Waals surface area contributed by atoms with Crippen molar-refractivity contribution in [2.45, 2.75) is 20.8 Å². The van der Waals surface area contributed by atoms with Crippen LogP contribution in [0.5, 0.6) is 5.75 Å². The molecule has 0 N–H and O–H groups in total. The molecule has 0 saturated carbocycles. The second-order valence-corrected chi connectivity index (χ2v) is 5.04. The summed E-state index contributed by atoms with van der Waals surface area (Å²) >= 11 is 3.54. The minimum Gasteiger partial charge on any atom is -0.493 e. The molecule has 90 valence electrons. The third-order valence-corrected chi connectivity index (χ3v) is 3.65. The molecule has 0 amide bonds. The number of benzene rings is 1.